The van der Waals surface area contributed by atoms with Crippen molar-refractivity contribution in [3.8, 4) is 0 Å². The van der Waals surface area contributed by atoms with Gasteiger partial charge in [0.15, 0.2) is 5.69 Å². The Hall–Kier alpha value is -1.96. The van der Waals surface area contributed by atoms with Crippen molar-refractivity contribution in [2.45, 2.75) is 13.5 Å². The molecule has 1 aromatic rings. The smallest absolute Gasteiger partial charge is 0.276 e. The van der Waals surface area contributed by atoms with Crippen LogP contribution in [0.5, 0.6) is 0 Å². The molecule has 8 nitrogen and oxygen atoms in total. The lowest BCUT2D eigenvalue weighted by molar-refractivity contribution is -0.130. The van der Waals surface area contributed by atoms with Crippen LogP contribution in [0.3, 0.4) is 0 Å². The second-order valence-electron chi connectivity index (χ2n) is 4.45. The van der Waals surface area contributed by atoms with Gasteiger partial charge in [-0.2, -0.15) is 0 Å². The molecule has 0 spiro atoms. The number of nitrogens with two attached hydrogens (primary N) is 1. The first-order valence-electron chi connectivity index (χ1n) is 6.27. The monoisotopic (exact) mass is 266 g/mol. The molecule has 1 aromatic heterocycles. The topological polar surface area (TPSA) is 97.4 Å². The number of hydrogen-bond donors (Lipinski definition) is 1. The maximum absolute atomic E-state index is 12.2. The molecule has 8 heteroatoms. The van der Waals surface area contributed by atoms with Gasteiger partial charge < -0.3 is 15.5 Å². The SMILES string of the molecule is CC(=O)N1CCN(C(=O)c2cn(CCN)nn2)CC1. The molecule has 2 rings (SSSR count). The van der Waals surface area contributed by atoms with Crippen LogP contribution < -0.4 is 5.73 Å². The van der Waals surface area contributed by atoms with Crippen molar-refractivity contribution in [3.63, 3.8) is 0 Å². The number of nitrogens with zero attached hydrogens (tertiary/aromatic N) is 5. The van der Waals surface area contributed by atoms with E-state index in [1.165, 1.54) is 6.92 Å². The number of piperazine rings is 1. The largest absolute Gasteiger partial charge is 0.339 e. The van der Waals surface area contributed by atoms with Gasteiger partial charge in [0.05, 0.1) is 12.7 Å². The summed E-state index contributed by atoms with van der Waals surface area (Å²) in [6.45, 7) is 4.73. The van der Waals surface area contributed by atoms with Gasteiger partial charge in [-0.1, -0.05) is 5.21 Å². The van der Waals surface area contributed by atoms with E-state index in [1.807, 2.05) is 0 Å². The highest BCUT2D eigenvalue weighted by atomic mass is 16.2. The molecule has 1 saturated heterocycles. The number of aromatic nitrogens is 3. The lowest BCUT2D eigenvalue weighted by Gasteiger charge is -2.33. The van der Waals surface area contributed by atoms with Crippen LogP contribution in [0.15, 0.2) is 6.20 Å². The lowest BCUT2D eigenvalue weighted by atomic mass is 10.3. The second-order valence-corrected chi connectivity index (χ2v) is 4.45. The molecule has 1 aliphatic rings. The highest BCUT2D eigenvalue weighted by Crippen LogP contribution is 2.06. The summed E-state index contributed by atoms with van der Waals surface area (Å²) in [6, 6.07) is 0. The summed E-state index contributed by atoms with van der Waals surface area (Å²) in [5.74, 6) is -0.104. The van der Waals surface area contributed by atoms with Crippen LogP contribution >= 0.6 is 0 Å². The van der Waals surface area contributed by atoms with E-state index in [9.17, 15) is 9.59 Å². The van der Waals surface area contributed by atoms with Gasteiger partial charge in [0.2, 0.25) is 5.91 Å². The fraction of sp³-hybridized carbons (Fsp3) is 0.636. The number of rotatable bonds is 3. The quantitative estimate of drug-likeness (QED) is 0.721. The molecule has 0 saturated carbocycles. The van der Waals surface area contributed by atoms with E-state index in [0.717, 1.165) is 0 Å². The minimum atomic E-state index is -0.147. The minimum Gasteiger partial charge on any atom is -0.339 e. The number of carbonyl (C=O) groups is 2. The Morgan fingerprint density at radius 3 is 2.47 bits per heavy atom. The van der Waals surface area contributed by atoms with Gasteiger partial charge in [-0.15, -0.1) is 5.10 Å². The molecule has 0 bridgehead atoms. The van der Waals surface area contributed by atoms with Gasteiger partial charge in [-0.05, 0) is 0 Å². The minimum absolute atomic E-state index is 0.0426. The molecule has 0 aliphatic carbocycles. The first kappa shape index (κ1) is 13.5. The summed E-state index contributed by atoms with van der Waals surface area (Å²) in [4.78, 5) is 26.8. The van der Waals surface area contributed by atoms with Gasteiger partial charge in [0.1, 0.15) is 0 Å². The molecule has 1 aliphatic heterocycles. The summed E-state index contributed by atoms with van der Waals surface area (Å²) in [6.07, 6.45) is 1.60. The van der Waals surface area contributed by atoms with E-state index >= 15 is 0 Å². The molecule has 0 atom stereocenters. The lowest BCUT2D eigenvalue weighted by Crippen LogP contribution is -2.50. The van der Waals surface area contributed by atoms with E-state index in [1.54, 1.807) is 20.7 Å². The Kier molecular flexibility index (Phi) is 4.10. The Morgan fingerprint density at radius 2 is 1.89 bits per heavy atom. The molecule has 2 N–H and O–H groups in total. The van der Waals surface area contributed by atoms with E-state index < -0.39 is 0 Å². The maximum Gasteiger partial charge on any atom is 0.276 e. The van der Waals surface area contributed by atoms with E-state index in [0.29, 0.717) is 45.0 Å². The van der Waals surface area contributed by atoms with Crippen LogP contribution in [0.25, 0.3) is 0 Å². The second kappa shape index (κ2) is 5.79. The Bertz CT molecular complexity index is 464. The van der Waals surface area contributed by atoms with Crippen LogP contribution in [-0.4, -0.2) is 69.3 Å². The van der Waals surface area contributed by atoms with Crippen molar-refractivity contribution in [3.05, 3.63) is 11.9 Å². The molecule has 1 fully saturated rings. The van der Waals surface area contributed by atoms with Crippen molar-refractivity contribution in [2.24, 2.45) is 5.73 Å². The van der Waals surface area contributed by atoms with Crippen LogP contribution in [0.1, 0.15) is 17.4 Å². The van der Waals surface area contributed by atoms with Crippen molar-refractivity contribution in [1.29, 1.82) is 0 Å². The van der Waals surface area contributed by atoms with Crippen LogP contribution in [0, 0.1) is 0 Å². The molecule has 0 aromatic carbocycles. The summed E-state index contributed by atoms with van der Waals surface area (Å²) >= 11 is 0. The third kappa shape index (κ3) is 3.08. The summed E-state index contributed by atoms with van der Waals surface area (Å²) in [5.41, 5.74) is 5.73. The predicted octanol–water partition coefficient (Wildman–Crippen LogP) is -1.46. The average Bonchev–Trinajstić information content (AvgIpc) is 2.87. The van der Waals surface area contributed by atoms with Gasteiger partial charge >= 0.3 is 0 Å². The zero-order valence-electron chi connectivity index (χ0n) is 10.9. The Labute approximate surface area is 111 Å². The molecular weight excluding hydrogens is 248 g/mol. The zero-order valence-corrected chi connectivity index (χ0v) is 10.9. The fourth-order valence-corrected chi connectivity index (χ4v) is 2.02. The first-order chi connectivity index (χ1) is 9.11. The van der Waals surface area contributed by atoms with Crippen molar-refractivity contribution < 1.29 is 9.59 Å². The van der Waals surface area contributed by atoms with Gasteiger partial charge in [-0.3, -0.25) is 14.3 Å². The van der Waals surface area contributed by atoms with Gasteiger partial charge in [-0.25, -0.2) is 0 Å². The van der Waals surface area contributed by atoms with E-state index in [4.69, 9.17) is 5.73 Å². The summed E-state index contributed by atoms with van der Waals surface area (Å²) < 4.78 is 1.55. The maximum atomic E-state index is 12.2. The Balaban J connectivity index is 1.95. The van der Waals surface area contributed by atoms with Gasteiger partial charge in [0, 0.05) is 39.6 Å². The molecule has 19 heavy (non-hydrogen) atoms. The van der Waals surface area contributed by atoms with Crippen LogP contribution in [-0.2, 0) is 11.3 Å². The number of amides is 2. The predicted molar refractivity (Wildman–Crippen MR) is 67.2 cm³/mol. The Morgan fingerprint density at radius 1 is 1.26 bits per heavy atom. The fourth-order valence-electron chi connectivity index (χ4n) is 2.02. The molecule has 2 heterocycles. The first-order valence-corrected chi connectivity index (χ1v) is 6.27. The van der Waals surface area contributed by atoms with Crippen molar-refractivity contribution in [2.75, 3.05) is 32.7 Å². The third-order valence-electron chi connectivity index (χ3n) is 3.13. The van der Waals surface area contributed by atoms with Crippen molar-refractivity contribution >= 4 is 11.8 Å². The molecule has 2 amide bonds. The normalized spacial score (nSPS) is 15.7. The number of carbonyl (C=O) groups excluding carboxylic acids is 2. The van der Waals surface area contributed by atoms with Gasteiger partial charge in [0.25, 0.3) is 5.91 Å². The van der Waals surface area contributed by atoms with E-state index in [2.05, 4.69) is 10.3 Å². The molecule has 0 unspecified atom stereocenters. The highest BCUT2D eigenvalue weighted by Gasteiger charge is 2.24. The summed E-state index contributed by atoms with van der Waals surface area (Å²) in [7, 11) is 0. The van der Waals surface area contributed by atoms with Crippen LogP contribution in [0.2, 0.25) is 0 Å². The van der Waals surface area contributed by atoms with Crippen molar-refractivity contribution in [1.82, 2.24) is 24.8 Å². The standard InChI is InChI=1S/C11H18N6O2/c1-9(18)15-4-6-16(7-5-15)11(19)10-8-17(3-2-12)14-13-10/h8H,2-7,12H2,1H3. The summed E-state index contributed by atoms with van der Waals surface area (Å²) in [5, 5.41) is 7.69. The van der Waals surface area contributed by atoms with E-state index in [-0.39, 0.29) is 11.8 Å². The zero-order chi connectivity index (χ0) is 13.8. The average molecular weight is 266 g/mol. The molecule has 0 radical (unpaired) electrons. The number of hydrogen-bond acceptors (Lipinski definition) is 5. The molecule has 104 valence electrons. The van der Waals surface area contributed by atoms with Crippen LogP contribution in [0.4, 0.5) is 0 Å². The third-order valence-corrected chi connectivity index (χ3v) is 3.13. The molecular formula is C11H18N6O2. The highest BCUT2D eigenvalue weighted by molar-refractivity contribution is 5.92.